The molecule has 15 heavy (non-hydrogen) atoms. The molecule has 0 spiro atoms. The average Bonchev–Trinajstić information content (AvgIpc) is 2.17. The number of halogens is 1. The molecule has 1 rings (SSSR count). The maximum absolute atomic E-state index is 13.0. The molecule has 4 heteroatoms. The zero-order chi connectivity index (χ0) is 11.4. The van der Waals surface area contributed by atoms with Gasteiger partial charge in [-0.15, -0.1) is 0 Å². The van der Waals surface area contributed by atoms with Gasteiger partial charge in [0.1, 0.15) is 11.9 Å². The Morgan fingerprint density at radius 2 is 2.27 bits per heavy atom. The predicted octanol–water partition coefficient (Wildman–Crippen LogP) is 1.94. The molecule has 0 saturated heterocycles. The van der Waals surface area contributed by atoms with Crippen LogP contribution in [0.2, 0.25) is 0 Å². The number of hydrogen-bond acceptors (Lipinski definition) is 3. The Morgan fingerprint density at radius 3 is 2.80 bits per heavy atom. The molecule has 0 aliphatic heterocycles. The highest BCUT2D eigenvalue weighted by Crippen LogP contribution is 2.20. The largest absolute Gasteiger partial charge is 0.458 e. The summed E-state index contributed by atoms with van der Waals surface area (Å²) in [7, 11) is 0. The first-order chi connectivity index (χ1) is 7.04. The maximum Gasteiger partial charge on any atom is 0.303 e. The first-order valence-corrected chi connectivity index (χ1v) is 4.61. The summed E-state index contributed by atoms with van der Waals surface area (Å²) in [6.07, 6.45) is -0.437. The molecule has 0 aromatic heterocycles. The van der Waals surface area contributed by atoms with Crippen LogP contribution in [0.25, 0.3) is 0 Å². The first-order valence-electron chi connectivity index (χ1n) is 4.61. The predicted molar refractivity (Wildman–Crippen MR) is 52.5 cm³/mol. The molecule has 0 fully saturated rings. The van der Waals surface area contributed by atoms with Crippen molar-refractivity contribution in [2.45, 2.75) is 26.6 Å². The van der Waals surface area contributed by atoms with E-state index in [1.807, 2.05) is 0 Å². The Balaban J connectivity index is 2.90. The van der Waals surface area contributed by atoms with Crippen molar-refractivity contribution in [1.82, 2.24) is 0 Å². The Labute approximate surface area is 87.5 Å². The molecule has 1 atom stereocenters. The van der Waals surface area contributed by atoms with Crippen molar-refractivity contribution >= 4 is 5.97 Å². The van der Waals surface area contributed by atoms with Gasteiger partial charge in [-0.05, 0) is 24.6 Å². The van der Waals surface area contributed by atoms with Gasteiger partial charge in [-0.25, -0.2) is 4.39 Å². The molecule has 1 aromatic rings. The summed E-state index contributed by atoms with van der Waals surface area (Å²) < 4.78 is 18.0. The Morgan fingerprint density at radius 1 is 1.60 bits per heavy atom. The molecule has 1 N–H and O–H groups in total. The minimum absolute atomic E-state index is 0.200. The summed E-state index contributed by atoms with van der Waals surface area (Å²) in [4.78, 5) is 10.7. The molecule has 0 saturated carbocycles. The van der Waals surface area contributed by atoms with Crippen LogP contribution in [-0.2, 0) is 16.1 Å². The smallest absolute Gasteiger partial charge is 0.303 e. The quantitative estimate of drug-likeness (QED) is 0.779. The number of aliphatic hydroxyl groups excluding tert-OH is 1. The van der Waals surface area contributed by atoms with Crippen LogP contribution in [0.15, 0.2) is 18.2 Å². The third kappa shape index (κ3) is 3.02. The Bertz CT molecular complexity index is 363. The van der Waals surface area contributed by atoms with Crippen LogP contribution in [0.5, 0.6) is 0 Å². The van der Waals surface area contributed by atoms with Crippen molar-refractivity contribution in [2.75, 3.05) is 0 Å². The summed E-state index contributed by atoms with van der Waals surface area (Å²) in [5.41, 5.74) is 0.863. The van der Waals surface area contributed by atoms with Gasteiger partial charge in [-0.1, -0.05) is 6.07 Å². The second kappa shape index (κ2) is 4.89. The molecule has 0 heterocycles. The van der Waals surface area contributed by atoms with Crippen molar-refractivity contribution in [2.24, 2.45) is 0 Å². The van der Waals surface area contributed by atoms with E-state index in [-0.39, 0.29) is 12.2 Å². The van der Waals surface area contributed by atoms with Crippen molar-refractivity contribution in [1.29, 1.82) is 0 Å². The topological polar surface area (TPSA) is 46.5 Å². The summed E-state index contributed by atoms with van der Waals surface area (Å²) >= 11 is 0. The number of carbonyl (C=O) groups excluding carboxylic acids is 1. The normalized spacial score (nSPS) is 12.3. The fourth-order valence-corrected chi connectivity index (χ4v) is 1.29. The summed E-state index contributed by atoms with van der Waals surface area (Å²) in [5, 5.41) is 8.86. The fraction of sp³-hybridized carbons (Fsp3) is 0.364. The maximum atomic E-state index is 13.0. The molecule has 82 valence electrons. The minimum atomic E-state index is -0.462. The van der Waals surface area contributed by atoms with Crippen molar-refractivity contribution in [3.63, 3.8) is 0 Å². The number of esters is 1. The van der Waals surface area contributed by atoms with E-state index in [2.05, 4.69) is 0 Å². The van der Waals surface area contributed by atoms with Gasteiger partial charge in [-0.2, -0.15) is 0 Å². The number of carbonyl (C=O) groups is 1. The molecule has 0 bridgehead atoms. The third-order valence-corrected chi connectivity index (χ3v) is 2.05. The molecule has 0 radical (unpaired) electrons. The fourth-order valence-electron chi connectivity index (χ4n) is 1.29. The van der Waals surface area contributed by atoms with Crippen molar-refractivity contribution < 1.29 is 19.0 Å². The summed E-state index contributed by atoms with van der Waals surface area (Å²) in [5.74, 6) is -0.853. The van der Waals surface area contributed by atoms with Gasteiger partial charge in [-0.3, -0.25) is 4.79 Å². The van der Waals surface area contributed by atoms with Crippen molar-refractivity contribution in [3.05, 3.63) is 35.1 Å². The lowest BCUT2D eigenvalue weighted by Gasteiger charge is -2.13. The van der Waals surface area contributed by atoms with E-state index < -0.39 is 17.9 Å². The van der Waals surface area contributed by atoms with Crippen LogP contribution >= 0.6 is 0 Å². The average molecular weight is 212 g/mol. The van der Waals surface area contributed by atoms with E-state index in [0.29, 0.717) is 5.56 Å². The number of benzene rings is 1. The van der Waals surface area contributed by atoms with E-state index in [4.69, 9.17) is 9.84 Å². The highest BCUT2D eigenvalue weighted by molar-refractivity contribution is 5.66. The molecule has 1 aromatic carbocycles. The second-order valence-electron chi connectivity index (χ2n) is 3.26. The van der Waals surface area contributed by atoms with Gasteiger partial charge in [0.25, 0.3) is 0 Å². The van der Waals surface area contributed by atoms with Gasteiger partial charge >= 0.3 is 5.97 Å². The molecule has 0 aliphatic carbocycles. The van der Waals surface area contributed by atoms with E-state index in [1.54, 1.807) is 6.92 Å². The Kier molecular flexibility index (Phi) is 3.80. The molecular weight excluding hydrogens is 199 g/mol. The van der Waals surface area contributed by atoms with Crippen LogP contribution < -0.4 is 0 Å². The van der Waals surface area contributed by atoms with Crippen LogP contribution in [-0.4, -0.2) is 11.1 Å². The number of hydrogen-bond donors (Lipinski definition) is 1. The molecule has 0 amide bonds. The van der Waals surface area contributed by atoms with Crippen LogP contribution in [0.1, 0.15) is 31.1 Å². The van der Waals surface area contributed by atoms with Crippen LogP contribution in [0.3, 0.4) is 0 Å². The van der Waals surface area contributed by atoms with Gasteiger partial charge in [0.05, 0.1) is 6.61 Å². The van der Waals surface area contributed by atoms with E-state index in [0.717, 1.165) is 0 Å². The Hall–Kier alpha value is -1.42. The third-order valence-electron chi connectivity index (χ3n) is 2.05. The van der Waals surface area contributed by atoms with E-state index in [9.17, 15) is 9.18 Å². The van der Waals surface area contributed by atoms with Gasteiger partial charge in [0.15, 0.2) is 0 Å². The lowest BCUT2D eigenvalue weighted by Crippen LogP contribution is -2.05. The SMILES string of the molecule is CC(=O)O[C@@H](C)c1ccc(F)c(CO)c1. The van der Waals surface area contributed by atoms with Gasteiger partial charge in [0, 0.05) is 12.5 Å². The lowest BCUT2D eigenvalue weighted by atomic mass is 10.1. The molecule has 3 nitrogen and oxygen atoms in total. The van der Waals surface area contributed by atoms with Gasteiger partial charge in [0.2, 0.25) is 0 Å². The molecule has 0 unspecified atom stereocenters. The van der Waals surface area contributed by atoms with Crippen LogP contribution in [0.4, 0.5) is 4.39 Å². The highest BCUT2D eigenvalue weighted by atomic mass is 19.1. The highest BCUT2D eigenvalue weighted by Gasteiger charge is 2.10. The number of ether oxygens (including phenoxy) is 1. The standard InChI is InChI=1S/C11H13FO3/c1-7(15-8(2)14)9-3-4-11(12)10(5-9)6-13/h3-5,7,13H,6H2,1-2H3/t7-/m0/s1. The zero-order valence-corrected chi connectivity index (χ0v) is 8.66. The summed E-state index contributed by atoms with van der Waals surface area (Å²) in [6, 6.07) is 4.27. The van der Waals surface area contributed by atoms with Crippen LogP contribution in [0, 0.1) is 5.82 Å². The number of rotatable bonds is 3. The number of aliphatic hydroxyl groups is 1. The van der Waals surface area contributed by atoms with Gasteiger partial charge < -0.3 is 9.84 Å². The minimum Gasteiger partial charge on any atom is -0.458 e. The molecule has 0 aliphatic rings. The summed E-state index contributed by atoms with van der Waals surface area (Å²) in [6.45, 7) is 2.63. The second-order valence-corrected chi connectivity index (χ2v) is 3.26. The monoisotopic (exact) mass is 212 g/mol. The van der Waals surface area contributed by atoms with Crippen molar-refractivity contribution in [3.8, 4) is 0 Å². The molecular formula is C11H13FO3. The lowest BCUT2D eigenvalue weighted by molar-refractivity contribution is -0.145. The zero-order valence-electron chi connectivity index (χ0n) is 8.66. The van der Waals surface area contributed by atoms with E-state index in [1.165, 1.54) is 25.1 Å². The first kappa shape index (κ1) is 11.7. The van der Waals surface area contributed by atoms with E-state index >= 15 is 0 Å².